The quantitative estimate of drug-likeness (QED) is 0.794. The van der Waals surface area contributed by atoms with E-state index < -0.39 is 0 Å². The molecule has 0 aliphatic carbocycles. The highest BCUT2D eigenvalue weighted by Gasteiger charge is 2.16. The summed E-state index contributed by atoms with van der Waals surface area (Å²) in [6.45, 7) is 3.32. The van der Waals surface area contributed by atoms with Crippen LogP contribution in [-0.2, 0) is 4.79 Å². The van der Waals surface area contributed by atoms with E-state index in [4.69, 9.17) is 0 Å². The molecule has 0 amide bonds. The first-order valence-corrected chi connectivity index (χ1v) is 6.36. The van der Waals surface area contributed by atoms with Gasteiger partial charge < -0.3 is 10.2 Å². The number of hydrogen-bond donors (Lipinski definition) is 1. The zero-order chi connectivity index (χ0) is 13.2. The summed E-state index contributed by atoms with van der Waals surface area (Å²) in [6.07, 6.45) is 0.777. The van der Waals surface area contributed by atoms with Crippen molar-refractivity contribution in [3.05, 3.63) is 40.6 Å². The molecule has 1 aromatic carbocycles. The topological polar surface area (TPSA) is 54.3 Å². The monoisotopic (exact) mass is 257 g/mol. The van der Waals surface area contributed by atoms with Crippen LogP contribution >= 0.6 is 0 Å². The minimum Gasteiger partial charge on any atom is -0.355 e. The van der Waals surface area contributed by atoms with Crippen LogP contribution in [0.4, 0.5) is 5.82 Å². The number of nitrogens with zero attached hydrogens (tertiary/aromatic N) is 2. The van der Waals surface area contributed by atoms with Gasteiger partial charge in [0.1, 0.15) is 5.82 Å². The van der Waals surface area contributed by atoms with Crippen molar-refractivity contribution in [2.24, 2.45) is 0 Å². The van der Waals surface area contributed by atoms with E-state index in [0.29, 0.717) is 16.7 Å². The maximum Gasteiger partial charge on any atom is 0.219 e. The first-order valence-electron chi connectivity index (χ1n) is 6.36. The Kier molecular flexibility index (Phi) is 3.05. The van der Waals surface area contributed by atoms with Gasteiger partial charge in [-0.25, -0.2) is 0 Å². The third-order valence-corrected chi connectivity index (χ3v) is 3.48. The van der Waals surface area contributed by atoms with E-state index >= 15 is 0 Å². The third kappa shape index (κ3) is 2.02. The lowest BCUT2D eigenvalue weighted by Gasteiger charge is -2.30. The van der Waals surface area contributed by atoms with Gasteiger partial charge in [-0.1, -0.05) is 12.1 Å². The van der Waals surface area contributed by atoms with Crippen molar-refractivity contribution in [1.82, 2.24) is 9.88 Å². The standard InChI is InChI=1S/C14H15N3O2/c18-10-17-12-4-2-1-3-11(12)13(19)9-14(17)16-7-5-15-6-8-16/h1-4,9-10,15H,5-8H2. The number of carbonyl (C=O) groups excluding carboxylic acids is 1. The fourth-order valence-corrected chi connectivity index (χ4v) is 2.53. The number of para-hydroxylation sites is 1. The summed E-state index contributed by atoms with van der Waals surface area (Å²) in [5, 5.41) is 3.83. The fraction of sp³-hybridized carbons (Fsp3) is 0.286. The zero-order valence-electron chi connectivity index (χ0n) is 10.5. The van der Waals surface area contributed by atoms with Crippen LogP contribution < -0.4 is 15.6 Å². The van der Waals surface area contributed by atoms with Gasteiger partial charge in [0.15, 0.2) is 5.43 Å². The van der Waals surface area contributed by atoms with Crippen LogP contribution in [0.25, 0.3) is 10.9 Å². The maximum atomic E-state index is 12.1. The lowest BCUT2D eigenvalue weighted by molar-refractivity contribution is 0.544. The zero-order valence-corrected chi connectivity index (χ0v) is 10.5. The smallest absolute Gasteiger partial charge is 0.219 e. The SMILES string of the molecule is O=Cn1c(N2CCNCC2)cc(=O)c2ccccc21. The molecule has 2 aromatic rings. The molecule has 1 fully saturated rings. The number of benzene rings is 1. The molecule has 1 N–H and O–H groups in total. The molecule has 1 aromatic heterocycles. The average molecular weight is 257 g/mol. The van der Waals surface area contributed by atoms with Gasteiger partial charge in [-0.3, -0.25) is 14.2 Å². The van der Waals surface area contributed by atoms with E-state index in [9.17, 15) is 9.59 Å². The molecule has 2 heterocycles. The molecule has 19 heavy (non-hydrogen) atoms. The van der Waals surface area contributed by atoms with Gasteiger partial charge in [-0.05, 0) is 12.1 Å². The van der Waals surface area contributed by atoms with Crippen molar-refractivity contribution in [3.8, 4) is 0 Å². The number of aromatic nitrogens is 1. The molecule has 3 rings (SSSR count). The number of pyridine rings is 1. The van der Waals surface area contributed by atoms with E-state index in [2.05, 4.69) is 10.2 Å². The number of carbonyl (C=O) groups is 1. The molecule has 98 valence electrons. The van der Waals surface area contributed by atoms with Crippen LogP contribution in [0.5, 0.6) is 0 Å². The minimum absolute atomic E-state index is 0.0396. The molecular formula is C14H15N3O2. The summed E-state index contributed by atoms with van der Waals surface area (Å²) in [6, 6.07) is 8.75. The highest BCUT2D eigenvalue weighted by Crippen LogP contribution is 2.18. The first kappa shape index (κ1) is 11.9. The van der Waals surface area contributed by atoms with Crippen LogP contribution in [0.3, 0.4) is 0 Å². The van der Waals surface area contributed by atoms with E-state index in [1.165, 1.54) is 0 Å². The Bertz CT molecular complexity index is 672. The number of piperazine rings is 1. The molecule has 1 saturated heterocycles. The highest BCUT2D eigenvalue weighted by molar-refractivity contribution is 5.87. The van der Waals surface area contributed by atoms with Gasteiger partial charge in [0.05, 0.1) is 5.52 Å². The Morgan fingerprint density at radius 3 is 2.63 bits per heavy atom. The molecule has 0 radical (unpaired) electrons. The number of anilines is 1. The van der Waals surface area contributed by atoms with Gasteiger partial charge in [-0.15, -0.1) is 0 Å². The number of fused-ring (bicyclic) bond motifs is 1. The normalized spacial score (nSPS) is 15.7. The van der Waals surface area contributed by atoms with E-state index in [0.717, 1.165) is 32.6 Å². The van der Waals surface area contributed by atoms with Crippen LogP contribution in [0.1, 0.15) is 0 Å². The Morgan fingerprint density at radius 1 is 1.16 bits per heavy atom. The van der Waals surface area contributed by atoms with Crippen LogP contribution in [-0.4, -0.2) is 37.2 Å². The van der Waals surface area contributed by atoms with Gasteiger partial charge >= 0.3 is 0 Å². The summed E-state index contributed by atoms with van der Waals surface area (Å²) in [5.74, 6) is 0.681. The van der Waals surface area contributed by atoms with Crippen molar-refractivity contribution in [2.45, 2.75) is 0 Å². The molecule has 5 heteroatoms. The van der Waals surface area contributed by atoms with Gasteiger partial charge in [0.2, 0.25) is 6.41 Å². The predicted molar refractivity (Wildman–Crippen MR) is 75.4 cm³/mol. The molecule has 0 spiro atoms. The summed E-state index contributed by atoms with van der Waals surface area (Å²) in [7, 11) is 0. The van der Waals surface area contributed by atoms with Crippen LogP contribution in [0.15, 0.2) is 35.1 Å². The summed E-state index contributed by atoms with van der Waals surface area (Å²) < 4.78 is 1.56. The number of nitrogens with one attached hydrogen (secondary N) is 1. The van der Waals surface area contributed by atoms with E-state index in [1.54, 1.807) is 22.8 Å². The second-order valence-electron chi connectivity index (χ2n) is 4.60. The Hall–Kier alpha value is -2.14. The van der Waals surface area contributed by atoms with Crippen molar-refractivity contribution in [3.63, 3.8) is 0 Å². The fourth-order valence-electron chi connectivity index (χ4n) is 2.53. The molecule has 0 atom stereocenters. The lowest BCUT2D eigenvalue weighted by atomic mass is 10.2. The Balaban J connectivity index is 2.23. The second kappa shape index (κ2) is 4.85. The van der Waals surface area contributed by atoms with Crippen LogP contribution in [0.2, 0.25) is 0 Å². The highest BCUT2D eigenvalue weighted by atomic mass is 16.1. The van der Waals surface area contributed by atoms with Gasteiger partial charge in [0, 0.05) is 37.6 Å². The largest absolute Gasteiger partial charge is 0.355 e. The molecule has 5 nitrogen and oxygen atoms in total. The summed E-state index contributed by atoms with van der Waals surface area (Å²) in [5.41, 5.74) is 0.626. The summed E-state index contributed by atoms with van der Waals surface area (Å²) in [4.78, 5) is 25.6. The lowest BCUT2D eigenvalue weighted by Crippen LogP contribution is -2.45. The maximum absolute atomic E-state index is 12.1. The average Bonchev–Trinajstić information content (AvgIpc) is 2.48. The van der Waals surface area contributed by atoms with E-state index in [1.807, 2.05) is 12.1 Å². The van der Waals surface area contributed by atoms with Crippen LogP contribution in [0, 0.1) is 0 Å². The molecular weight excluding hydrogens is 242 g/mol. The Morgan fingerprint density at radius 2 is 1.89 bits per heavy atom. The summed E-state index contributed by atoms with van der Waals surface area (Å²) >= 11 is 0. The molecule has 1 aliphatic rings. The Labute approximate surface area is 110 Å². The minimum atomic E-state index is -0.0396. The van der Waals surface area contributed by atoms with Crippen molar-refractivity contribution in [1.29, 1.82) is 0 Å². The van der Waals surface area contributed by atoms with Crippen molar-refractivity contribution < 1.29 is 4.79 Å². The van der Waals surface area contributed by atoms with Gasteiger partial charge in [-0.2, -0.15) is 0 Å². The number of hydrogen-bond acceptors (Lipinski definition) is 4. The van der Waals surface area contributed by atoms with Crippen molar-refractivity contribution >= 4 is 23.1 Å². The first-order chi connectivity index (χ1) is 9.31. The second-order valence-corrected chi connectivity index (χ2v) is 4.60. The van der Waals surface area contributed by atoms with Crippen molar-refractivity contribution in [2.75, 3.05) is 31.1 Å². The van der Waals surface area contributed by atoms with E-state index in [-0.39, 0.29) is 5.43 Å². The molecule has 1 aliphatic heterocycles. The molecule has 0 saturated carbocycles. The molecule has 0 bridgehead atoms. The van der Waals surface area contributed by atoms with Gasteiger partial charge in [0.25, 0.3) is 0 Å². The predicted octanol–water partition coefficient (Wildman–Crippen LogP) is 0.449. The molecule has 0 unspecified atom stereocenters. The number of rotatable bonds is 2. The third-order valence-electron chi connectivity index (χ3n) is 3.48.